The molecule has 1 aliphatic heterocycles. The molecular weight excluding hydrogens is 442 g/mol. The van der Waals surface area contributed by atoms with Crippen LogP contribution in [0.4, 0.5) is 0 Å². The first-order valence-electron chi connectivity index (χ1n) is 11.8. The Balaban J connectivity index is 1.35. The van der Waals surface area contributed by atoms with Crippen LogP contribution in [0.1, 0.15) is 33.1 Å². The van der Waals surface area contributed by atoms with E-state index in [1.165, 1.54) is 5.12 Å². The Labute approximate surface area is 205 Å². The van der Waals surface area contributed by atoms with E-state index in [-0.39, 0.29) is 12.0 Å². The summed E-state index contributed by atoms with van der Waals surface area (Å²) in [5.74, 6) is 0.404. The lowest BCUT2D eigenvalue weighted by Crippen LogP contribution is -2.47. The number of pyridine rings is 1. The van der Waals surface area contributed by atoms with E-state index in [9.17, 15) is 4.79 Å². The summed E-state index contributed by atoms with van der Waals surface area (Å²) in [6.07, 6.45) is 2.66. The predicted octanol–water partition coefficient (Wildman–Crippen LogP) is 4.71. The third kappa shape index (κ3) is 6.58. The molecule has 0 fully saturated rings. The first kappa shape index (κ1) is 24.2. The summed E-state index contributed by atoms with van der Waals surface area (Å²) in [5.41, 5.74) is 9.61. The number of aliphatic carboxylic acids is 1. The van der Waals surface area contributed by atoms with Crippen LogP contribution in [-0.2, 0) is 4.79 Å². The van der Waals surface area contributed by atoms with Gasteiger partial charge in [-0.15, -0.1) is 10.2 Å². The molecule has 0 saturated carbocycles. The van der Waals surface area contributed by atoms with Crippen LogP contribution in [0.2, 0.25) is 0 Å². The number of hydrogen-bond donors (Lipinski definition) is 3. The lowest BCUT2D eigenvalue weighted by Gasteiger charge is -2.25. The number of aromatic nitrogens is 1. The summed E-state index contributed by atoms with van der Waals surface area (Å²) in [6.45, 7) is 4.54. The molecule has 2 aromatic carbocycles. The molecule has 4 rings (SSSR count). The minimum Gasteiger partial charge on any atom is -0.480 e. The van der Waals surface area contributed by atoms with Gasteiger partial charge in [0.1, 0.15) is 12.4 Å². The molecule has 0 amide bonds. The highest BCUT2D eigenvalue weighted by atomic mass is 16.5. The highest BCUT2D eigenvalue weighted by Gasteiger charge is 2.30. The maximum atomic E-state index is 10.9. The molecule has 0 saturated heterocycles. The molecule has 2 heterocycles. The quantitative estimate of drug-likeness (QED) is 0.347. The number of unbranched alkanes of at least 4 members (excludes halogenated alkanes) is 1. The molecule has 0 aliphatic carbocycles. The van der Waals surface area contributed by atoms with Gasteiger partial charge in [0.2, 0.25) is 5.88 Å². The molecule has 0 bridgehead atoms. The Hall–Kier alpha value is -3.91. The molecule has 1 aliphatic rings. The first-order valence-corrected chi connectivity index (χ1v) is 11.8. The minimum atomic E-state index is -0.934. The zero-order valence-corrected chi connectivity index (χ0v) is 20.1. The molecule has 35 heavy (non-hydrogen) atoms. The van der Waals surface area contributed by atoms with Crippen LogP contribution in [-0.4, -0.2) is 40.2 Å². The van der Waals surface area contributed by atoms with Gasteiger partial charge in [0.25, 0.3) is 0 Å². The Morgan fingerprint density at radius 2 is 1.66 bits per heavy atom. The largest absolute Gasteiger partial charge is 0.480 e. The average molecular weight is 474 g/mol. The number of rotatable bonds is 11. The van der Waals surface area contributed by atoms with Crippen LogP contribution in [0.5, 0.6) is 5.88 Å². The third-order valence-corrected chi connectivity index (χ3v) is 5.88. The van der Waals surface area contributed by atoms with E-state index in [0.717, 1.165) is 47.5 Å². The van der Waals surface area contributed by atoms with Crippen molar-refractivity contribution in [1.82, 2.24) is 21.1 Å². The summed E-state index contributed by atoms with van der Waals surface area (Å²) in [7, 11) is 0. The smallest absolute Gasteiger partial charge is 0.321 e. The van der Waals surface area contributed by atoms with Gasteiger partial charge in [0, 0.05) is 17.0 Å². The Morgan fingerprint density at radius 1 is 0.971 bits per heavy atom. The number of nitrogens with zero attached hydrogens (tertiary/aromatic N) is 3. The van der Waals surface area contributed by atoms with Crippen LogP contribution >= 0.6 is 0 Å². The number of carboxylic acid groups (broad SMARTS) is 1. The standard InChI is InChI=1S/C27H31N5O3/c1-27(2,26-29-31-32(30-26)19-25(33)34)15-9-10-16-35-24-18-22(20-11-5-3-6-12-20)17-23(28-24)21-13-7-4-8-14-21/h3-8,11-14,17-18,31H,9-10,15-16,19H2,1-2H3,(H,29,30)(H,33,34). The zero-order valence-electron chi connectivity index (χ0n) is 20.1. The van der Waals surface area contributed by atoms with Gasteiger partial charge in [-0.05, 0) is 36.5 Å². The highest BCUT2D eigenvalue weighted by molar-refractivity contribution is 5.88. The van der Waals surface area contributed by atoms with Gasteiger partial charge in [0.05, 0.1) is 12.3 Å². The van der Waals surface area contributed by atoms with E-state index in [2.05, 4.69) is 60.2 Å². The SMILES string of the molecule is CC(C)(CCCCOc1cc(-c2ccccc2)cc(-c2ccccc2)n1)C1=NNN(CC(=O)O)N1. The van der Waals surface area contributed by atoms with Crippen molar-refractivity contribution < 1.29 is 14.6 Å². The highest BCUT2D eigenvalue weighted by Crippen LogP contribution is 2.29. The second kappa shape index (κ2) is 11.0. The molecule has 1 aromatic heterocycles. The van der Waals surface area contributed by atoms with Crippen molar-refractivity contribution in [2.24, 2.45) is 10.5 Å². The van der Waals surface area contributed by atoms with Crippen molar-refractivity contribution in [3.05, 3.63) is 72.8 Å². The fourth-order valence-electron chi connectivity index (χ4n) is 3.90. The summed E-state index contributed by atoms with van der Waals surface area (Å²) in [4.78, 5) is 15.6. The Kier molecular flexibility index (Phi) is 7.62. The average Bonchev–Trinajstić information content (AvgIpc) is 3.33. The van der Waals surface area contributed by atoms with E-state index in [4.69, 9.17) is 14.8 Å². The van der Waals surface area contributed by atoms with Crippen LogP contribution < -0.4 is 15.7 Å². The Morgan fingerprint density at radius 3 is 2.34 bits per heavy atom. The molecule has 182 valence electrons. The lowest BCUT2D eigenvalue weighted by atomic mass is 9.86. The number of carboxylic acids is 1. The monoisotopic (exact) mass is 473 g/mol. The number of amidine groups is 1. The van der Waals surface area contributed by atoms with Crippen molar-refractivity contribution >= 4 is 11.8 Å². The van der Waals surface area contributed by atoms with Crippen LogP contribution in [0, 0.1) is 5.41 Å². The van der Waals surface area contributed by atoms with Gasteiger partial charge in [-0.2, -0.15) is 0 Å². The van der Waals surface area contributed by atoms with E-state index >= 15 is 0 Å². The van der Waals surface area contributed by atoms with Gasteiger partial charge in [0.15, 0.2) is 0 Å². The normalized spacial score (nSPS) is 13.6. The van der Waals surface area contributed by atoms with E-state index in [0.29, 0.717) is 12.5 Å². The second-order valence-corrected chi connectivity index (χ2v) is 9.15. The van der Waals surface area contributed by atoms with Crippen molar-refractivity contribution in [2.45, 2.75) is 33.1 Å². The summed E-state index contributed by atoms with van der Waals surface area (Å²) in [5, 5.41) is 14.5. The summed E-state index contributed by atoms with van der Waals surface area (Å²) in [6, 6.07) is 24.4. The van der Waals surface area contributed by atoms with Crippen molar-refractivity contribution in [3.8, 4) is 28.3 Å². The maximum absolute atomic E-state index is 10.9. The van der Waals surface area contributed by atoms with Crippen molar-refractivity contribution in [1.29, 1.82) is 0 Å². The molecular formula is C27H31N5O3. The summed E-state index contributed by atoms with van der Waals surface area (Å²) >= 11 is 0. The molecule has 3 N–H and O–H groups in total. The molecule has 0 unspecified atom stereocenters. The minimum absolute atomic E-state index is 0.184. The third-order valence-electron chi connectivity index (χ3n) is 5.88. The lowest BCUT2D eigenvalue weighted by molar-refractivity contribution is -0.139. The molecule has 8 heteroatoms. The van der Waals surface area contributed by atoms with E-state index in [1.807, 2.05) is 42.5 Å². The number of hydrazone groups is 1. The molecule has 0 spiro atoms. The number of nitrogens with one attached hydrogen (secondary N) is 2. The molecule has 0 atom stereocenters. The first-order chi connectivity index (χ1) is 16.9. The van der Waals surface area contributed by atoms with Crippen molar-refractivity contribution in [2.75, 3.05) is 13.2 Å². The summed E-state index contributed by atoms with van der Waals surface area (Å²) < 4.78 is 6.09. The Bertz CT molecular complexity index is 1110. The van der Waals surface area contributed by atoms with Crippen molar-refractivity contribution in [3.63, 3.8) is 0 Å². The number of carbonyl (C=O) groups is 1. The topological polar surface area (TPSA) is 99.1 Å². The zero-order chi connectivity index (χ0) is 24.7. The fourth-order valence-corrected chi connectivity index (χ4v) is 3.90. The van der Waals surface area contributed by atoms with E-state index < -0.39 is 5.97 Å². The van der Waals surface area contributed by atoms with Gasteiger partial charge in [-0.25, -0.2) is 10.5 Å². The van der Waals surface area contributed by atoms with Gasteiger partial charge < -0.3 is 9.84 Å². The maximum Gasteiger partial charge on any atom is 0.321 e. The number of ether oxygens (including phenoxy) is 1. The van der Waals surface area contributed by atoms with Gasteiger partial charge in [-0.3, -0.25) is 10.2 Å². The number of hydrogen-bond acceptors (Lipinski definition) is 7. The van der Waals surface area contributed by atoms with E-state index in [1.54, 1.807) is 0 Å². The van der Waals surface area contributed by atoms with Crippen LogP contribution in [0.25, 0.3) is 22.4 Å². The van der Waals surface area contributed by atoms with Gasteiger partial charge >= 0.3 is 5.97 Å². The van der Waals surface area contributed by atoms with Crippen LogP contribution in [0.3, 0.4) is 0 Å². The molecule has 3 aromatic rings. The fraction of sp³-hybridized carbons (Fsp3) is 0.296. The molecule has 8 nitrogen and oxygen atoms in total. The second-order valence-electron chi connectivity index (χ2n) is 9.15. The number of hydrazine groups is 2. The van der Waals surface area contributed by atoms with Gasteiger partial charge in [-0.1, -0.05) is 74.5 Å². The predicted molar refractivity (Wildman–Crippen MR) is 136 cm³/mol. The molecule has 0 radical (unpaired) electrons. The van der Waals surface area contributed by atoms with Crippen LogP contribution in [0.15, 0.2) is 77.9 Å². The number of benzene rings is 2.